The first-order valence-electron chi connectivity index (χ1n) is 6.24. The van der Waals surface area contributed by atoms with Gasteiger partial charge in [-0.25, -0.2) is 13.6 Å². The maximum Gasteiger partial charge on any atom is 0.330 e. The molecule has 6 heteroatoms. The van der Waals surface area contributed by atoms with Gasteiger partial charge in [0.25, 0.3) is 0 Å². The first-order chi connectivity index (χ1) is 9.29. The quantitative estimate of drug-likeness (QED) is 0.805. The average molecular weight is 286 g/mol. The van der Waals surface area contributed by atoms with Gasteiger partial charge in [0.05, 0.1) is 7.11 Å². The van der Waals surface area contributed by atoms with Gasteiger partial charge in [-0.15, -0.1) is 0 Å². The number of benzene rings is 1. The number of nitrogens with one attached hydrogen (secondary N) is 1. The molecule has 112 valence electrons. The molecule has 0 fully saturated rings. The first kappa shape index (κ1) is 16.5. The Morgan fingerprint density at radius 2 is 1.85 bits per heavy atom. The van der Waals surface area contributed by atoms with Gasteiger partial charge in [-0.1, -0.05) is 0 Å². The Balaban J connectivity index is 3.06. The van der Waals surface area contributed by atoms with E-state index in [0.29, 0.717) is 13.1 Å². The van der Waals surface area contributed by atoms with E-state index in [0.717, 1.165) is 18.2 Å². The van der Waals surface area contributed by atoms with E-state index in [4.69, 9.17) is 4.74 Å². The van der Waals surface area contributed by atoms with E-state index >= 15 is 0 Å². The highest BCUT2D eigenvalue weighted by Crippen LogP contribution is 2.24. The van der Waals surface area contributed by atoms with Crippen LogP contribution in [0, 0.1) is 11.6 Å². The molecule has 0 spiro atoms. The van der Waals surface area contributed by atoms with Crippen molar-refractivity contribution in [3.05, 3.63) is 35.4 Å². The van der Waals surface area contributed by atoms with Gasteiger partial charge in [0, 0.05) is 19.2 Å². The van der Waals surface area contributed by atoms with Crippen LogP contribution in [0.5, 0.6) is 0 Å². The molecule has 1 atom stereocenters. The van der Waals surface area contributed by atoms with Crippen molar-refractivity contribution in [2.75, 3.05) is 34.3 Å². The number of hydrogen-bond acceptors (Lipinski definition) is 4. The van der Waals surface area contributed by atoms with E-state index in [2.05, 4.69) is 5.32 Å². The number of methoxy groups -OCH3 is 1. The Bertz CT molecular complexity index is 460. The molecule has 1 rings (SSSR count). The molecule has 1 aromatic carbocycles. The Morgan fingerprint density at radius 3 is 2.30 bits per heavy atom. The van der Waals surface area contributed by atoms with Gasteiger partial charge in [0.15, 0.2) is 0 Å². The van der Waals surface area contributed by atoms with E-state index in [-0.39, 0.29) is 5.56 Å². The molecule has 0 saturated heterocycles. The molecular formula is C14H20F2N2O2. The van der Waals surface area contributed by atoms with Crippen molar-refractivity contribution in [2.24, 2.45) is 0 Å². The number of hydrogen-bond donors (Lipinski definition) is 1. The second-order valence-corrected chi connectivity index (χ2v) is 5.00. The van der Waals surface area contributed by atoms with Crippen molar-refractivity contribution in [3.63, 3.8) is 0 Å². The summed E-state index contributed by atoms with van der Waals surface area (Å²) in [6.45, 7) is 2.68. The van der Waals surface area contributed by atoms with Gasteiger partial charge in [0.1, 0.15) is 17.2 Å². The summed E-state index contributed by atoms with van der Waals surface area (Å²) in [6.07, 6.45) is 0. The van der Waals surface area contributed by atoms with Gasteiger partial charge in [-0.2, -0.15) is 0 Å². The summed E-state index contributed by atoms with van der Waals surface area (Å²) in [7, 11) is 5.02. The van der Waals surface area contributed by atoms with Crippen LogP contribution >= 0.6 is 0 Å². The van der Waals surface area contributed by atoms with Crippen LogP contribution in [0.25, 0.3) is 0 Å². The molecule has 0 amide bonds. The zero-order valence-corrected chi connectivity index (χ0v) is 12.2. The molecule has 0 heterocycles. The van der Waals surface area contributed by atoms with Gasteiger partial charge >= 0.3 is 5.97 Å². The van der Waals surface area contributed by atoms with Crippen LogP contribution in [0.1, 0.15) is 12.5 Å². The fourth-order valence-electron chi connectivity index (χ4n) is 1.87. The predicted molar refractivity (Wildman–Crippen MR) is 72.3 cm³/mol. The lowest BCUT2D eigenvalue weighted by molar-refractivity contribution is -0.148. The predicted octanol–water partition coefficient (Wildman–Crippen LogP) is 1.50. The smallest absolute Gasteiger partial charge is 0.330 e. The third-order valence-corrected chi connectivity index (χ3v) is 3.07. The summed E-state index contributed by atoms with van der Waals surface area (Å²) in [5.41, 5.74) is -1.10. The maximum atomic E-state index is 13.3. The van der Waals surface area contributed by atoms with Crippen molar-refractivity contribution in [3.8, 4) is 0 Å². The van der Waals surface area contributed by atoms with Crippen molar-refractivity contribution < 1.29 is 18.3 Å². The number of likely N-dealkylation sites (N-methyl/N-ethyl adjacent to an activating group) is 1. The topological polar surface area (TPSA) is 41.6 Å². The Kier molecular flexibility index (Phi) is 5.59. The lowest BCUT2D eigenvalue weighted by Crippen LogP contribution is -2.49. The van der Waals surface area contributed by atoms with Gasteiger partial charge < -0.3 is 9.64 Å². The third kappa shape index (κ3) is 3.98. The highest BCUT2D eigenvalue weighted by molar-refractivity contribution is 5.82. The molecule has 4 nitrogen and oxygen atoms in total. The van der Waals surface area contributed by atoms with Crippen molar-refractivity contribution in [2.45, 2.75) is 12.5 Å². The minimum absolute atomic E-state index is 0.195. The normalized spacial score (nSPS) is 14.2. The van der Waals surface area contributed by atoms with Gasteiger partial charge in [-0.05, 0) is 38.7 Å². The molecule has 1 aromatic rings. The Hall–Kier alpha value is -1.53. The zero-order chi connectivity index (χ0) is 15.3. The SMILES string of the molecule is COC(=O)C(C)(NCCN(C)C)c1cc(F)cc(F)c1. The van der Waals surface area contributed by atoms with Gasteiger partial charge in [-0.3, -0.25) is 5.32 Å². The van der Waals surface area contributed by atoms with Crippen LogP contribution in [-0.2, 0) is 15.1 Å². The van der Waals surface area contributed by atoms with Crippen LogP contribution in [0.2, 0.25) is 0 Å². The second-order valence-electron chi connectivity index (χ2n) is 5.00. The number of ether oxygens (including phenoxy) is 1. The summed E-state index contributed by atoms with van der Waals surface area (Å²) >= 11 is 0. The maximum absolute atomic E-state index is 13.3. The molecule has 1 N–H and O–H groups in total. The zero-order valence-electron chi connectivity index (χ0n) is 12.2. The fraction of sp³-hybridized carbons (Fsp3) is 0.500. The molecular weight excluding hydrogens is 266 g/mol. The molecule has 0 aromatic heterocycles. The number of esters is 1. The van der Waals surface area contributed by atoms with Crippen molar-refractivity contribution in [1.29, 1.82) is 0 Å². The molecule has 0 saturated carbocycles. The molecule has 0 aliphatic carbocycles. The highest BCUT2D eigenvalue weighted by atomic mass is 19.1. The largest absolute Gasteiger partial charge is 0.467 e. The molecule has 0 aliphatic rings. The standard InChI is InChI=1S/C14H20F2N2O2/c1-14(13(19)20-4,17-5-6-18(2)3)10-7-11(15)9-12(16)8-10/h7-9,17H,5-6H2,1-4H3. The number of rotatable bonds is 6. The number of carbonyl (C=O) groups is 1. The summed E-state index contributed by atoms with van der Waals surface area (Å²) < 4.78 is 31.4. The van der Waals surface area contributed by atoms with E-state index in [1.807, 2.05) is 19.0 Å². The minimum atomic E-state index is -1.30. The molecule has 20 heavy (non-hydrogen) atoms. The second kappa shape index (κ2) is 6.76. The van der Waals surface area contributed by atoms with Crippen molar-refractivity contribution >= 4 is 5.97 Å². The number of nitrogens with zero attached hydrogens (tertiary/aromatic N) is 1. The van der Waals surface area contributed by atoms with E-state index in [9.17, 15) is 13.6 Å². The van der Waals surface area contributed by atoms with Crippen molar-refractivity contribution in [1.82, 2.24) is 10.2 Å². The van der Waals surface area contributed by atoms with Crippen LogP contribution in [0.4, 0.5) is 8.78 Å². The van der Waals surface area contributed by atoms with E-state index in [1.165, 1.54) is 7.11 Å². The molecule has 0 bridgehead atoms. The summed E-state index contributed by atoms with van der Waals surface area (Å²) in [5.74, 6) is -2.06. The molecule has 0 aliphatic heterocycles. The average Bonchev–Trinajstić information content (AvgIpc) is 2.35. The monoisotopic (exact) mass is 286 g/mol. The van der Waals surface area contributed by atoms with Gasteiger partial charge in [0.2, 0.25) is 0 Å². The van der Waals surface area contributed by atoms with Crippen LogP contribution in [0.15, 0.2) is 18.2 Å². The van der Waals surface area contributed by atoms with Crippen LogP contribution < -0.4 is 5.32 Å². The van der Waals surface area contributed by atoms with E-state index in [1.54, 1.807) is 6.92 Å². The molecule has 0 radical (unpaired) electrons. The summed E-state index contributed by atoms with van der Waals surface area (Å²) in [6, 6.07) is 3.02. The van der Waals surface area contributed by atoms with Crippen LogP contribution in [0.3, 0.4) is 0 Å². The Labute approximate surface area is 117 Å². The summed E-state index contributed by atoms with van der Waals surface area (Å²) in [5, 5.41) is 3.00. The number of halogens is 2. The highest BCUT2D eigenvalue weighted by Gasteiger charge is 2.36. The minimum Gasteiger partial charge on any atom is -0.467 e. The lowest BCUT2D eigenvalue weighted by atomic mass is 9.91. The van der Waals surface area contributed by atoms with E-state index < -0.39 is 23.1 Å². The first-order valence-corrected chi connectivity index (χ1v) is 6.24. The Morgan fingerprint density at radius 1 is 1.30 bits per heavy atom. The number of carbonyl (C=O) groups excluding carboxylic acids is 1. The lowest BCUT2D eigenvalue weighted by Gasteiger charge is -2.29. The third-order valence-electron chi connectivity index (χ3n) is 3.07. The summed E-state index contributed by atoms with van der Waals surface area (Å²) in [4.78, 5) is 13.9. The molecule has 1 unspecified atom stereocenters. The fourth-order valence-corrected chi connectivity index (χ4v) is 1.87. The van der Waals surface area contributed by atoms with Crippen LogP contribution in [-0.4, -0.2) is 45.2 Å².